The van der Waals surface area contributed by atoms with Crippen molar-refractivity contribution in [1.29, 1.82) is 5.26 Å². The Balaban J connectivity index is 2.23. The van der Waals surface area contributed by atoms with Crippen LogP contribution >= 0.6 is 11.6 Å². The average Bonchev–Trinajstić information content (AvgIpc) is 2.56. The Labute approximate surface area is 145 Å². The predicted octanol–water partition coefficient (Wildman–Crippen LogP) is 3.50. The van der Waals surface area contributed by atoms with Crippen molar-refractivity contribution < 1.29 is 14.6 Å². The highest BCUT2D eigenvalue weighted by molar-refractivity contribution is 6.30. The first-order valence-electron chi connectivity index (χ1n) is 7.25. The molecule has 0 radical (unpaired) electrons. The largest absolute Gasteiger partial charge is 0.456 e. The Hall–Kier alpha value is -2.55. The molecule has 0 aromatic heterocycles. The Kier molecular flexibility index (Phi) is 5.45. The van der Waals surface area contributed by atoms with Crippen LogP contribution in [0.2, 0.25) is 5.02 Å². The van der Waals surface area contributed by atoms with Crippen molar-refractivity contribution in [2.75, 3.05) is 6.61 Å². The third kappa shape index (κ3) is 4.48. The van der Waals surface area contributed by atoms with Crippen LogP contribution in [0.1, 0.15) is 29.8 Å². The Morgan fingerprint density at radius 3 is 2.75 bits per heavy atom. The lowest BCUT2D eigenvalue weighted by Crippen LogP contribution is -2.46. The first-order valence-corrected chi connectivity index (χ1v) is 7.63. The number of aliphatic hydroxyl groups is 1. The molecule has 6 heteroatoms. The van der Waals surface area contributed by atoms with Crippen molar-refractivity contribution in [1.82, 2.24) is 5.32 Å². The van der Waals surface area contributed by atoms with Gasteiger partial charge in [0.05, 0.1) is 17.7 Å². The fraction of sp³-hybridized carbons (Fsp3) is 0.222. The molecule has 5 nitrogen and oxygen atoms in total. The van der Waals surface area contributed by atoms with Crippen molar-refractivity contribution in [2.24, 2.45) is 0 Å². The molecule has 124 valence electrons. The molecule has 24 heavy (non-hydrogen) atoms. The van der Waals surface area contributed by atoms with E-state index in [1.54, 1.807) is 50.2 Å². The third-order valence-corrected chi connectivity index (χ3v) is 3.47. The smallest absolute Gasteiger partial charge is 0.251 e. The number of hydrogen-bond donors (Lipinski definition) is 2. The summed E-state index contributed by atoms with van der Waals surface area (Å²) in [5.74, 6) is 0.453. The maximum absolute atomic E-state index is 12.2. The van der Waals surface area contributed by atoms with Crippen LogP contribution in [0.5, 0.6) is 11.5 Å². The quantitative estimate of drug-likeness (QED) is 0.869. The summed E-state index contributed by atoms with van der Waals surface area (Å²) in [6, 6.07) is 13.3. The zero-order valence-electron chi connectivity index (χ0n) is 13.3. The second kappa shape index (κ2) is 7.35. The molecule has 2 aromatic carbocycles. The van der Waals surface area contributed by atoms with Crippen molar-refractivity contribution in [3.63, 3.8) is 0 Å². The Morgan fingerprint density at radius 2 is 2.08 bits per heavy atom. The number of nitrogens with one attached hydrogen (secondary N) is 1. The van der Waals surface area contributed by atoms with Crippen LogP contribution in [0.25, 0.3) is 0 Å². The normalized spacial score (nSPS) is 10.8. The molecule has 2 aromatic rings. The summed E-state index contributed by atoms with van der Waals surface area (Å²) in [7, 11) is 0. The number of carbonyl (C=O) groups excluding carboxylic acids is 1. The molecule has 0 atom stereocenters. The minimum Gasteiger partial charge on any atom is -0.456 e. The summed E-state index contributed by atoms with van der Waals surface area (Å²) in [5.41, 5.74) is -0.0294. The van der Waals surface area contributed by atoms with Gasteiger partial charge in [-0.25, -0.2) is 0 Å². The summed E-state index contributed by atoms with van der Waals surface area (Å²) in [6.45, 7) is 3.27. The van der Waals surface area contributed by atoms with E-state index in [9.17, 15) is 9.90 Å². The molecule has 2 N–H and O–H groups in total. The van der Waals surface area contributed by atoms with Crippen LogP contribution in [0, 0.1) is 11.3 Å². The highest BCUT2D eigenvalue weighted by atomic mass is 35.5. The number of rotatable bonds is 5. The van der Waals surface area contributed by atoms with Crippen LogP contribution in [-0.2, 0) is 0 Å². The molecule has 1 amide bonds. The van der Waals surface area contributed by atoms with E-state index in [1.165, 1.54) is 6.07 Å². The monoisotopic (exact) mass is 344 g/mol. The van der Waals surface area contributed by atoms with E-state index in [-0.39, 0.29) is 12.5 Å². The number of carbonyl (C=O) groups is 1. The maximum Gasteiger partial charge on any atom is 0.251 e. The molecule has 0 fully saturated rings. The molecule has 0 aliphatic rings. The van der Waals surface area contributed by atoms with Crippen LogP contribution in [-0.4, -0.2) is 23.2 Å². The van der Waals surface area contributed by atoms with Crippen LogP contribution in [0.3, 0.4) is 0 Å². The van der Waals surface area contributed by atoms with Gasteiger partial charge in [0.25, 0.3) is 5.91 Å². The van der Waals surface area contributed by atoms with Crippen LogP contribution in [0.4, 0.5) is 0 Å². The van der Waals surface area contributed by atoms with E-state index in [1.807, 2.05) is 6.07 Å². The first kappa shape index (κ1) is 17.8. The van der Waals surface area contributed by atoms with E-state index in [0.29, 0.717) is 27.6 Å². The highest BCUT2D eigenvalue weighted by Crippen LogP contribution is 2.28. The lowest BCUT2D eigenvalue weighted by atomic mass is 10.1. The third-order valence-electron chi connectivity index (χ3n) is 3.23. The number of aliphatic hydroxyl groups excluding tert-OH is 1. The lowest BCUT2D eigenvalue weighted by Gasteiger charge is -2.23. The van der Waals surface area contributed by atoms with Gasteiger partial charge in [0.15, 0.2) is 0 Å². The fourth-order valence-electron chi connectivity index (χ4n) is 1.93. The minimum atomic E-state index is -0.724. The molecule has 0 saturated heterocycles. The molecular formula is C18H17ClN2O3. The van der Waals surface area contributed by atoms with Gasteiger partial charge < -0.3 is 15.2 Å². The zero-order chi connectivity index (χ0) is 17.7. The maximum atomic E-state index is 12.2. The predicted molar refractivity (Wildman–Crippen MR) is 91.3 cm³/mol. The second-order valence-corrected chi connectivity index (χ2v) is 6.31. The van der Waals surface area contributed by atoms with Crippen molar-refractivity contribution in [3.8, 4) is 17.6 Å². The fourth-order valence-corrected chi connectivity index (χ4v) is 2.10. The second-order valence-electron chi connectivity index (χ2n) is 5.88. The molecule has 0 heterocycles. The molecule has 0 saturated carbocycles. The lowest BCUT2D eigenvalue weighted by molar-refractivity contribution is 0.0869. The standard InChI is InChI=1S/C18H17ClN2O3/c1-18(2,11-22)21-17(23)12-4-3-5-15(9-12)24-16-7-6-14(19)8-13(16)10-20/h3-9,22H,11H2,1-2H3,(H,21,23). The Morgan fingerprint density at radius 1 is 1.33 bits per heavy atom. The van der Waals surface area contributed by atoms with Gasteiger partial charge in [-0.05, 0) is 50.2 Å². The number of ether oxygens (including phenoxy) is 1. The highest BCUT2D eigenvalue weighted by Gasteiger charge is 2.20. The number of nitrogens with zero attached hydrogens (tertiary/aromatic N) is 1. The van der Waals surface area contributed by atoms with Gasteiger partial charge in [0.1, 0.15) is 17.6 Å². The Bertz CT molecular complexity index is 797. The topological polar surface area (TPSA) is 82.3 Å². The van der Waals surface area contributed by atoms with Gasteiger partial charge in [-0.15, -0.1) is 0 Å². The van der Waals surface area contributed by atoms with Crippen molar-refractivity contribution >= 4 is 17.5 Å². The minimum absolute atomic E-state index is 0.175. The molecule has 0 aliphatic carbocycles. The van der Waals surface area contributed by atoms with Gasteiger partial charge in [-0.3, -0.25) is 4.79 Å². The molecule has 0 unspecified atom stereocenters. The SMILES string of the molecule is CC(C)(CO)NC(=O)c1cccc(Oc2ccc(Cl)cc2C#N)c1. The molecular weight excluding hydrogens is 328 g/mol. The summed E-state index contributed by atoms with van der Waals surface area (Å²) in [6.07, 6.45) is 0. The van der Waals surface area contributed by atoms with E-state index in [0.717, 1.165) is 0 Å². The van der Waals surface area contributed by atoms with E-state index in [2.05, 4.69) is 5.32 Å². The van der Waals surface area contributed by atoms with Crippen molar-refractivity contribution in [2.45, 2.75) is 19.4 Å². The average molecular weight is 345 g/mol. The number of amides is 1. The van der Waals surface area contributed by atoms with E-state index >= 15 is 0 Å². The molecule has 2 rings (SSSR count). The zero-order valence-corrected chi connectivity index (χ0v) is 14.1. The summed E-state index contributed by atoms with van der Waals surface area (Å²) in [4.78, 5) is 12.2. The number of hydrogen-bond acceptors (Lipinski definition) is 4. The van der Waals surface area contributed by atoms with Gasteiger partial charge in [0, 0.05) is 10.6 Å². The van der Waals surface area contributed by atoms with E-state index < -0.39 is 5.54 Å². The molecule has 0 aliphatic heterocycles. The summed E-state index contributed by atoms with van der Waals surface area (Å²) in [5, 5.41) is 21.6. The molecule has 0 bridgehead atoms. The van der Waals surface area contributed by atoms with E-state index in [4.69, 9.17) is 21.6 Å². The molecule has 0 spiro atoms. The van der Waals surface area contributed by atoms with Crippen molar-refractivity contribution in [3.05, 3.63) is 58.6 Å². The van der Waals surface area contributed by atoms with Crippen LogP contribution < -0.4 is 10.1 Å². The number of nitriles is 1. The van der Waals surface area contributed by atoms with Crippen LogP contribution in [0.15, 0.2) is 42.5 Å². The number of benzene rings is 2. The van der Waals surface area contributed by atoms with Gasteiger partial charge >= 0.3 is 0 Å². The van der Waals surface area contributed by atoms with Gasteiger partial charge in [0.2, 0.25) is 0 Å². The summed E-state index contributed by atoms with van der Waals surface area (Å²) >= 11 is 5.86. The summed E-state index contributed by atoms with van der Waals surface area (Å²) < 4.78 is 5.69. The number of halogens is 1. The first-order chi connectivity index (χ1) is 11.3. The van der Waals surface area contributed by atoms with Gasteiger partial charge in [-0.2, -0.15) is 5.26 Å². The van der Waals surface area contributed by atoms with Gasteiger partial charge in [-0.1, -0.05) is 17.7 Å².